The topological polar surface area (TPSA) is 43.9 Å². The molecule has 8 heteroatoms. The Morgan fingerprint density at radius 1 is 0.900 bits per heavy atom. The van der Waals surface area contributed by atoms with E-state index < -0.39 is 5.82 Å². The average Bonchev–Trinajstić information content (AvgIpc) is 3.25. The third-order valence-corrected chi connectivity index (χ3v) is 6.72. The highest BCUT2D eigenvalue weighted by atomic mass is 79.9. The molecule has 2 amide bonds. The molecule has 0 aromatic heterocycles. The summed E-state index contributed by atoms with van der Waals surface area (Å²) in [5.41, 5.74) is 1.02. The van der Waals surface area contributed by atoms with Crippen molar-refractivity contribution >= 4 is 39.3 Å². The largest absolute Gasteiger partial charge is 0.337 e. The van der Waals surface area contributed by atoms with Crippen LogP contribution in [0, 0.1) is 5.82 Å². The van der Waals surface area contributed by atoms with Crippen molar-refractivity contribution in [1.82, 2.24) is 14.7 Å². The van der Waals surface area contributed by atoms with Crippen molar-refractivity contribution in [2.24, 2.45) is 0 Å². The van der Waals surface area contributed by atoms with E-state index >= 15 is 0 Å². The molecule has 2 fully saturated rings. The molecule has 4 rings (SSSR count). The van der Waals surface area contributed by atoms with E-state index in [2.05, 4.69) is 20.8 Å². The molecule has 0 saturated carbocycles. The smallest absolute Gasteiger partial charge is 0.254 e. The summed E-state index contributed by atoms with van der Waals surface area (Å²) in [5, 5.41) is 0.615. The molecule has 2 aliphatic rings. The van der Waals surface area contributed by atoms with E-state index in [0.29, 0.717) is 46.3 Å². The van der Waals surface area contributed by atoms with Gasteiger partial charge < -0.3 is 9.80 Å². The van der Waals surface area contributed by atoms with E-state index in [-0.39, 0.29) is 11.8 Å². The van der Waals surface area contributed by atoms with Gasteiger partial charge in [0.25, 0.3) is 11.8 Å². The first kappa shape index (κ1) is 21.3. The van der Waals surface area contributed by atoms with E-state index in [1.165, 1.54) is 6.07 Å². The molecule has 0 unspecified atom stereocenters. The third kappa shape index (κ3) is 4.53. The lowest BCUT2D eigenvalue weighted by Crippen LogP contribution is -2.52. The molecule has 2 saturated heterocycles. The summed E-state index contributed by atoms with van der Waals surface area (Å²) >= 11 is 9.02. The van der Waals surface area contributed by atoms with Crippen molar-refractivity contribution in [3.63, 3.8) is 0 Å². The van der Waals surface area contributed by atoms with Gasteiger partial charge in [-0.15, -0.1) is 0 Å². The molecule has 30 heavy (non-hydrogen) atoms. The van der Waals surface area contributed by atoms with E-state index in [9.17, 15) is 14.0 Å². The third-order valence-electron chi connectivity index (χ3n) is 5.83. The van der Waals surface area contributed by atoms with Crippen LogP contribution in [0.2, 0.25) is 5.02 Å². The summed E-state index contributed by atoms with van der Waals surface area (Å²) in [6.07, 6.45) is 0.922. The second-order valence-corrected chi connectivity index (χ2v) is 8.95. The Balaban J connectivity index is 1.31. The van der Waals surface area contributed by atoms with Crippen molar-refractivity contribution < 1.29 is 14.0 Å². The van der Waals surface area contributed by atoms with Crippen molar-refractivity contribution in [2.75, 3.05) is 39.3 Å². The number of likely N-dealkylation sites (tertiary alicyclic amines) is 1. The number of benzene rings is 2. The molecule has 5 nitrogen and oxygen atoms in total. The van der Waals surface area contributed by atoms with Gasteiger partial charge >= 0.3 is 0 Å². The molecule has 0 radical (unpaired) electrons. The molecule has 158 valence electrons. The van der Waals surface area contributed by atoms with E-state index in [1.807, 2.05) is 4.90 Å². The monoisotopic (exact) mass is 493 g/mol. The molecular weight excluding hydrogens is 473 g/mol. The molecule has 0 aliphatic carbocycles. The van der Waals surface area contributed by atoms with Gasteiger partial charge in [-0.3, -0.25) is 14.5 Å². The number of nitrogens with zero attached hydrogens (tertiary/aromatic N) is 3. The minimum Gasteiger partial charge on any atom is -0.337 e. The van der Waals surface area contributed by atoms with Crippen LogP contribution in [0.4, 0.5) is 4.39 Å². The maximum Gasteiger partial charge on any atom is 0.254 e. The van der Waals surface area contributed by atoms with Gasteiger partial charge in [-0.05, 0) is 64.8 Å². The molecular formula is C22H22BrClFN3O2. The zero-order valence-corrected chi connectivity index (χ0v) is 18.7. The quantitative estimate of drug-likeness (QED) is 0.650. The van der Waals surface area contributed by atoms with Crippen molar-refractivity contribution in [1.29, 1.82) is 0 Å². The normalized spacial score (nSPS) is 19.9. The van der Waals surface area contributed by atoms with Crippen LogP contribution in [0.1, 0.15) is 27.1 Å². The van der Waals surface area contributed by atoms with Gasteiger partial charge in [0.2, 0.25) is 0 Å². The fraction of sp³-hybridized carbons (Fsp3) is 0.364. The lowest BCUT2D eigenvalue weighted by Gasteiger charge is -2.38. The van der Waals surface area contributed by atoms with Gasteiger partial charge in [0, 0.05) is 61.5 Å². The number of rotatable bonds is 3. The van der Waals surface area contributed by atoms with Gasteiger partial charge in [-0.25, -0.2) is 4.39 Å². The predicted octanol–water partition coefficient (Wildman–Crippen LogP) is 3.91. The molecule has 2 aromatic rings. The maximum absolute atomic E-state index is 13.8. The Hall–Kier alpha value is -1.96. The number of halogens is 3. The highest BCUT2D eigenvalue weighted by molar-refractivity contribution is 9.10. The summed E-state index contributed by atoms with van der Waals surface area (Å²) in [6, 6.07) is 11.7. The number of hydrogen-bond acceptors (Lipinski definition) is 3. The van der Waals surface area contributed by atoms with Gasteiger partial charge in [-0.2, -0.15) is 0 Å². The SMILES string of the molecule is O=C(c1ccc(Br)c(F)c1)N1CCN([C@@H]2CCN(C(=O)c3ccc(Cl)cc3)C2)CC1. The first-order valence-electron chi connectivity index (χ1n) is 9.95. The van der Waals surface area contributed by atoms with Gasteiger partial charge in [-0.1, -0.05) is 11.6 Å². The van der Waals surface area contributed by atoms with Gasteiger partial charge in [0.1, 0.15) is 5.82 Å². The standard InChI is InChI=1S/C22H22BrClFN3O2/c23-19-6-3-16(13-20(19)25)22(30)27-11-9-26(10-12-27)18-7-8-28(14-18)21(29)15-1-4-17(24)5-2-15/h1-6,13,18H,7-12,14H2/t18-/m1/s1. The number of carbonyl (C=O) groups excluding carboxylic acids is 2. The van der Waals surface area contributed by atoms with Crippen LogP contribution in [0.5, 0.6) is 0 Å². The second-order valence-electron chi connectivity index (χ2n) is 7.66. The van der Waals surface area contributed by atoms with E-state index in [1.54, 1.807) is 41.3 Å². The summed E-state index contributed by atoms with van der Waals surface area (Å²) in [4.78, 5) is 31.4. The Kier molecular flexibility index (Phi) is 6.41. The van der Waals surface area contributed by atoms with Crippen LogP contribution >= 0.6 is 27.5 Å². The van der Waals surface area contributed by atoms with Gasteiger partial charge in [0.05, 0.1) is 4.47 Å². The molecule has 0 spiro atoms. The number of carbonyl (C=O) groups is 2. The Bertz CT molecular complexity index is 948. The number of piperazine rings is 1. The molecule has 0 bridgehead atoms. The van der Waals surface area contributed by atoms with Crippen LogP contribution in [-0.2, 0) is 0 Å². The summed E-state index contributed by atoms with van der Waals surface area (Å²) in [7, 11) is 0. The summed E-state index contributed by atoms with van der Waals surface area (Å²) in [5.74, 6) is -0.553. The minimum atomic E-state index is -0.434. The van der Waals surface area contributed by atoms with E-state index in [0.717, 1.165) is 26.1 Å². The summed E-state index contributed by atoms with van der Waals surface area (Å²) in [6.45, 7) is 4.10. The van der Waals surface area contributed by atoms with E-state index in [4.69, 9.17) is 11.6 Å². The van der Waals surface area contributed by atoms with Gasteiger partial charge in [0.15, 0.2) is 0 Å². The lowest BCUT2D eigenvalue weighted by atomic mass is 10.1. The van der Waals surface area contributed by atoms with Crippen LogP contribution in [0.25, 0.3) is 0 Å². The highest BCUT2D eigenvalue weighted by Gasteiger charge is 2.33. The predicted molar refractivity (Wildman–Crippen MR) is 117 cm³/mol. The Morgan fingerprint density at radius 3 is 2.20 bits per heavy atom. The number of hydrogen-bond donors (Lipinski definition) is 0. The van der Waals surface area contributed by atoms with Crippen LogP contribution < -0.4 is 0 Å². The molecule has 2 heterocycles. The average molecular weight is 495 g/mol. The fourth-order valence-corrected chi connectivity index (χ4v) is 4.47. The van der Waals surface area contributed by atoms with Crippen LogP contribution in [0.3, 0.4) is 0 Å². The molecule has 2 aromatic carbocycles. The Labute approximate surface area is 188 Å². The van der Waals surface area contributed by atoms with Crippen LogP contribution in [-0.4, -0.2) is 71.8 Å². The molecule has 2 aliphatic heterocycles. The van der Waals surface area contributed by atoms with Crippen molar-refractivity contribution in [3.05, 3.63) is 68.9 Å². The fourth-order valence-electron chi connectivity index (χ4n) is 4.10. The molecule has 0 N–H and O–H groups in total. The zero-order chi connectivity index (χ0) is 21.3. The molecule has 1 atom stereocenters. The van der Waals surface area contributed by atoms with Crippen molar-refractivity contribution in [2.45, 2.75) is 12.5 Å². The highest BCUT2D eigenvalue weighted by Crippen LogP contribution is 2.22. The Morgan fingerprint density at radius 2 is 1.53 bits per heavy atom. The van der Waals surface area contributed by atoms with Crippen LogP contribution in [0.15, 0.2) is 46.9 Å². The zero-order valence-electron chi connectivity index (χ0n) is 16.4. The maximum atomic E-state index is 13.8. The first-order valence-corrected chi connectivity index (χ1v) is 11.1. The lowest BCUT2D eigenvalue weighted by molar-refractivity contribution is 0.0568. The first-order chi connectivity index (χ1) is 14.4. The van der Waals surface area contributed by atoms with Crippen molar-refractivity contribution in [3.8, 4) is 0 Å². The number of amides is 2. The summed E-state index contributed by atoms with van der Waals surface area (Å²) < 4.78 is 14.1. The second kappa shape index (κ2) is 9.04. The minimum absolute atomic E-state index is 0.0280.